The lowest BCUT2D eigenvalue weighted by molar-refractivity contribution is -0.148. The van der Waals surface area contributed by atoms with Gasteiger partial charge in [-0.05, 0) is 76.5 Å². The van der Waals surface area contributed by atoms with Crippen LogP contribution in [0.4, 0.5) is 4.79 Å². The van der Waals surface area contributed by atoms with Crippen molar-refractivity contribution in [3.05, 3.63) is 0 Å². The molecule has 0 aromatic heterocycles. The molecule has 4 aliphatic rings. The van der Waals surface area contributed by atoms with E-state index in [2.05, 4.69) is 16.0 Å². The van der Waals surface area contributed by atoms with E-state index in [0.717, 1.165) is 43.4 Å². The van der Waals surface area contributed by atoms with Crippen molar-refractivity contribution in [2.24, 2.45) is 17.8 Å². The number of esters is 1. The van der Waals surface area contributed by atoms with Crippen LogP contribution < -0.4 is 16.0 Å². The van der Waals surface area contributed by atoms with Gasteiger partial charge >= 0.3 is 12.0 Å². The van der Waals surface area contributed by atoms with Crippen LogP contribution in [0.1, 0.15) is 72.1 Å². The zero-order chi connectivity index (χ0) is 20.4. The summed E-state index contributed by atoms with van der Waals surface area (Å²) < 4.78 is 4.99. The predicted molar refractivity (Wildman–Crippen MR) is 106 cm³/mol. The Labute approximate surface area is 167 Å². The normalized spacial score (nSPS) is 30.6. The van der Waals surface area contributed by atoms with Crippen molar-refractivity contribution >= 4 is 17.9 Å². The van der Waals surface area contributed by atoms with Gasteiger partial charge in [0.15, 0.2) is 6.61 Å². The van der Waals surface area contributed by atoms with Crippen LogP contribution >= 0.6 is 0 Å². The van der Waals surface area contributed by atoms with Crippen LogP contribution in [0.15, 0.2) is 0 Å². The van der Waals surface area contributed by atoms with Crippen LogP contribution in [0.2, 0.25) is 0 Å². The number of rotatable bonds is 8. The first-order valence-corrected chi connectivity index (χ1v) is 10.7. The third-order valence-electron chi connectivity index (χ3n) is 6.76. The number of ether oxygens (including phenoxy) is 1. The van der Waals surface area contributed by atoms with Gasteiger partial charge < -0.3 is 20.7 Å². The summed E-state index contributed by atoms with van der Waals surface area (Å²) >= 11 is 0. The molecule has 0 aromatic rings. The summed E-state index contributed by atoms with van der Waals surface area (Å²) in [6.07, 6.45) is 8.12. The number of hydrogen-bond donors (Lipinski definition) is 3. The van der Waals surface area contributed by atoms with Gasteiger partial charge in [0.05, 0.1) is 6.42 Å². The van der Waals surface area contributed by atoms with E-state index in [9.17, 15) is 14.4 Å². The molecule has 4 saturated carbocycles. The van der Waals surface area contributed by atoms with Gasteiger partial charge in [-0.25, -0.2) is 4.79 Å². The molecular weight excluding hydrogens is 358 g/mol. The molecule has 158 valence electrons. The van der Waals surface area contributed by atoms with Crippen molar-refractivity contribution in [2.45, 2.75) is 83.2 Å². The fraction of sp³-hybridized carbons (Fsp3) is 0.857. The molecule has 4 bridgehead atoms. The minimum atomic E-state index is -0.487. The molecule has 28 heavy (non-hydrogen) atoms. The molecule has 0 spiro atoms. The molecule has 3 amide bonds. The van der Waals surface area contributed by atoms with Crippen molar-refractivity contribution in [2.75, 3.05) is 13.2 Å². The molecule has 7 nitrogen and oxygen atoms in total. The van der Waals surface area contributed by atoms with Crippen LogP contribution in [0.3, 0.4) is 0 Å². The third kappa shape index (κ3) is 5.39. The quantitative estimate of drug-likeness (QED) is 0.552. The Kier molecular flexibility index (Phi) is 6.20. The Balaban J connectivity index is 1.32. The first-order chi connectivity index (χ1) is 13.2. The maximum Gasteiger partial charge on any atom is 0.315 e. The monoisotopic (exact) mass is 393 g/mol. The van der Waals surface area contributed by atoms with Gasteiger partial charge in [0.1, 0.15) is 0 Å². The van der Waals surface area contributed by atoms with Crippen molar-refractivity contribution in [3.8, 4) is 0 Å². The smallest absolute Gasteiger partial charge is 0.315 e. The molecule has 4 aliphatic carbocycles. The first kappa shape index (κ1) is 20.9. The van der Waals surface area contributed by atoms with Crippen LogP contribution in [0.5, 0.6) is 0 Å². The Hall–Kier alpha value is -1.79. The topological polar surface area (TPSA) is 96.5 Å². The van der Waals surface area contributed by atoms with E-state index in [0.29, 0.717) is 0 Å². The highest BCUT2D eigenvalue weighted by atomic mass is 16.5. The molecular formula is C21H35N3O4. The average molecular weight is 394 g/mol. The number of carbonyl (C=O) groups is 3. The Morgan fingerprint density at radius 3 is 2.14 bits per heavy atom. The highest BCUT2D eigenvalue weighted by Gasteiger charge is 2.51. The molecule has 0 saturated heterocycles. The van der Waals surface area contributed by atoms with Gasteiger partial charge in [0.2, 0.25) is 0 Å². The molecule has 0 heterocycles. The van der Waals surface area contributed by atoms with Gasteiger partial charge in [-0.3, -0.25) is 9.59 Å². The number of amides is 3. The van der Waals surface area contributed by atoms with E-state index in [-0.39, 0.29) is 42.6 Å². The minimum Gasteiger partial charge on any atom is -0.456 e. The molecule has 3 N–H and O–H groups in total. The summed E-state index contributed by atoms with van der Waals surface area (Å²) in [7, 11) is 0. The van der Waals surface area contributed by atoms with Crippen LogP contribution in [0.25, 0.3) is 0 Å². The van der Waals surface area contributed by atoms with Crippen molar-refractivity contribution in [1.29, 1.82) is 0 Å². The molecule has 0 unspecified atom stereocenters. The predicted octanol–water partition coefficient (Wildman–Crippen LogP) is 2.49. The van der Waals surface area contributed by atoms with Crippen LogP contribution in [0, 0.1) is 17.8 Å². The number of nitrogens with one attached hydrogen (secondary N) is 3. The van der Waals surface area contributed by atoms with Gasteiger partial charge in [0.25, 0.3) is 5.91 Å². The third-order valence-corrected chi connectivity index (χ3v) is 6.76. The van der Waals surface area contributed by atoms with Gasteiger partial charge in [-0.2, -0.15) is 0 Å². The van der Waals surface area contributed by atoms with Crippen molar-refractivity contribution < 1.29 is 19.1 Å². The van der Waals surface area contributed by atoms with Crippen LogP contribution in [-0.2, 0) is 14.3 Å². The maximum atomic E-state index is 12.3. The van der Waals surface area contributed by atoms with Gasteiger partial charge in [0, 0.05) is 17.6 Å². The van der Waals surface area contributed by atoms with Crippen molar-refractivity contribution in [3.63, 3.8) is 0 Å². The molecule has 0 radical (unpaired) electrons. The summed E-state index contributed by atoms with van der Waals surface area (Å²) in [6, 6.07) is -0.197. The van der Waals surface area contributed by atoms with E-state index in [1.165, 1.54) is 19.3 Å². The lowest BCUT2D eigenvalue weighted by Gasteiger charge is -2.56. The number of carbonyl (C=O) groups excluding carboxylic acids is 3. The molecule has 0 atom stereocenters. The lowest BCUT2D eigenvalue weighted by Crippen LogP contribution is -2.61. The Bertz CT molecular complexity index is 581. The number of urea groups is 1. The largest absolute Gasteiger partial charge is 0.456 e. The Morgan fingerprint density at radius 1 is 1.04 bits per heavy atom. The molecule has 7 heteroatoms. The summed E-state index contributed by atoms with van der Waals surface area (Å²) in [5, 5.41) is 8.80. The lowest BCUT2D eigenvalue weighted by atomic mass is 9.53. The van der Waals surface area contributed by atoms with E-state index < -0.39 is 5.97 Å². The fourth-order valence-corrected chi connectivity index (χ4v) is 5.55. The summed E-state index contributed by atoms with van der Waals surface area (Å²) in [4.78, 5) is 35.9. The van der Waals surface area contributed by atoms with Gasteiger partial charge in [-0.1, -0.05) is 6.92 Å². The van der Waals surface area contributed by atoms with E-state index >= 15 is 0 Å². The standard InChI is InChI=1S/C21H35N3O4/c1-4-20(2,3)23-17(25)13-28-18(26)5-6-22-19(27)24-21-10-14-7-15(11-21)9-16(8-14)12-21/h14-16H,4-13H2,1-3H3,(H,23,25)(H2,22,24,27). The second-order valence-electron chi connectivity index (χ2n) is 9.78. The first-order valence-electron chi connectivity index (χ1n) is 10.7. The minimum absolute atomic E-state index is 0.0382. The van der Waals surface area contributed by atoms with E-state index in [1.807, 2.05) is 20.8 Å². The second kappa shape index (κ2) is 8.29. The van der Waals surface area contributed by atoms with E-state index in [4.69, 9.17) is 4.74 Å². The van der Waals surface area contributed by atoms with Crippen LogP contribution in [-0.4, -0.2) is 42.1 Å². The summed E-state index contributed by atoms with van der Waals surface area (Å²) in [5.74, 6) is 1.51. The zero-order valence-electron chi connectivity index (χ0n) is 17.4. The highest BCUT2D eigenvalue weighted by molar-refractivity contribution is 5.81. The Morgan fingerprint density at radius 2 is 1.61 bits per heavy atom. The SMILES string of the molecule is CCC(C)(C)NC(=O)COC(=O)CCNC(=O)NC12CC3CC(CC(C3)C1)C2. The molecule has 4 fully saturated rings. The second-order valence-corrected chi connectivity index (χ2v) is 9.78. The summed E-state index contributed by atoms with van der Waals surface area (Å²) in [5.41, 5.74) is -0.357. The molecule has 0 aromatic carbocycles. The average Bonchev–Trinajstić information content (AvgIpc) is 2.58. The molecule has 4 rings (SSSR count). The zero-order valence-corrected chi connectivity index (χ0v) is 17.4. The fourth-order valence-electron chi connectivity index (χ4n) is 5.55. The number of hydrogen-bond acceptors (Lipinski definition) is 4. The van der Waals surface area contributed by atoms with Crippen molar-refractivity contribution in [1.82, 2.24) is 16.0 Å². The van der Waals surface area contributed by atoms with E-state index in [1.54, 1.807) is 0 Å². The highest BCUT2D eigenvalue weighted by Crippen LogP contribution is 2.55. The summed E-state index contributed by atoms with van der Waals surface area (Å²) in [6.45, 7) is 5.73. The van der Waals surface area contributed by atoms with Gasteiger partial charge in [-0.15, -0.1) is 0 Å². The molecule has 0 aliphatic heterocycles. The maximum absolute atomic E-state index is 12.3.